The van der Waals surface area contributed by atoms with E-state index < -0.39 is 21.5 Å². The second kappa shape index (κ2) is 6.07. The molecule has 5 nitrogen and oxygen atoms in total. The molecule has 1 fully saturated rings. The fraction of sp³-hybridized carbons (Fsp3) is 0.533. The highest BCUT2D eigenvalue weighted by Gasteiger charge is 2.29. The van der Waals surface area contributed by atoms with Crippen LogP contribution in [0.25, 0.3) is 0 Å². The van der Waals surface area contributed by atoms with Gasteiger partial charge in [0.2, 0.25) is 5.91 Å². The minimum absolute atomic E-state index is 0.00855. The van der Waals surface area contributed by atoms with Crippen LogP contribution >= 0.6 is 0 Å². The molecule has 1 aromatic carbocycles. The molecule has 0 aromatic heterocycles. The van der Waals surface area contributed by atoms with Gasteiger partial charge in [-0.2, -0.15) is 0 Å². The fourth-order valence-electron chi connectivity index (χ4n) is 3.17. The number of carbonyl (C=O) groups excluding carboxylic acids is 1. The van der Waals surface area contributed by atoms with Crippen molar-refractivity contribution in [2.75, 3.05) is 29.5 Å². The largest absolute Gasteiger partial charge is 0.362 e. The molecule has 2 aliphatic rings. The maximum Gasteiger partial charge on any atom is 0.239 e. The molecular formula is C15H18F2N2O3S. The van der Waals surface area contributed by atoms with Crippen LogP contribution in [0.5, 0.6) is 0 Å². The Kier molecular flexibility index (Phi) is 4.27. The van der Waals surface area contributed by atoms with E-state index in [-0.39, 0.29) is 30.0 Å². The van der Waals surface area contributed by atoms with E-state index in [9.17, 15) is 22.0 Å². The first-order valence-corrected chi connectivity index (χ1v) is 9.39. The van der Waals surface area contributed by atoms with E-state index in [1.54, 1.807) is 4.90 Å². The van der Waals surface area contributed by atoms with Gasteiger partial charge in [-0.15, -0.1) is 0 Å². The summed E-state index contributed by atoms with van der Waals surface area (Å²) >= 11 is 0. The number of nitrogens with one attached hydrogen (secondary N) is 1. The van der Waals surface area contributed by atoms with Crippen LogP contribution in [0.1, 0.15) is 18.4 Å². The van der Waals surface area contributed by atoms with Crippen molar-refractivity contribution in [1.82, 2.24) is 5.32 Å². The number of nitrogens with zero attached hydrogens (tertiary/aromatic N) is 1. The average Bonchev–Trinajstić information content (AvgIpc) is 2.80. The van der Waals surface area contributed by atoms with Crippen LogP contribution in [0.4, 0.5) is 14.5 Å². The Balaban J connectivity index is 1.67. The molecule has 1 aromatic rings. The van der Waals surface area contributed by atoms with Gasteiger partial charge in [-0.1, -0.05) is 0 Å². The second-order valence-electron chi connectivity index (χ2n) is 6.09. The number of amides is 1. The van der Waals surface area contributed by atoms with Crippen LogP contribution in [0.3, 0.4) is 0 Å². The maximum atomic E-state index is 13.5. The Morgan fingerprint density at radius 3 is 2.74 bits per heavy atom. The van der Waals surface area contributed by atoms with E-state index in [1.807, 2.05) is 0 Å². The highest BCUT2D eigenvalue weighted by atomic mass is 32.2. The third-order valence-electron chi connectivity index (χ3n) is 4.27. The zero-order valence-electron chi connectivity index (χ0n) is 12.5. The van der Waals surface area contributed by atoms with Gasteiger partial charge >= 0.3 is 0 Å². The van der Waals surface area contributed by atoms with Gasteiger partial charge < -0.3 is 10.2 Å². The Morgan fingerprint density at radius 1 is 1.30 bits per heavy atom. The quantitative estimate of drug-likeness (QED) is 0.889. The van der Waals surface area contributed by atoms with Gasteiger partial charge in [0.25, 0.3) is 0 Å². The number of sulfone groups is 1. The Morgan fingerprint density at radius 2 is 2.04 bits per heavy atom. The lowest BCUT2D eigenvalue weighted by Gasteiger charge is -2.31. The topological polar surface area (TPSA) is 66.5 Å². The number of benzene rings is 1. The standard InChI is InChI=1S/C15H18F2N2O3S/c16-12-6-10-2-1-4-19(14(10)7-13(12)17)8-15(20)18-11-3-5-23(21,22)9-11/h6-7,11H,1-5,8-9H2,(H,18,20). The molecule has 8 heteroatoms. The van der Waals surface area contributed by atoms with Gasteiger partial charge in [0.05, 0.1) is 18.1 Å². The molecule has 0 spiro atoms. The number of hydrogen-bond donors (Lipinski definition) is 1. The highest BCUT2D eigenvalue weighted by Crippen LogP contribution is 2.29. The minimum atomic E-state index is -3.05. The summed E-state index contributed by atoms with van der Waals surface area (Å²) in [5, 5.41) is 2.71. The monoisotopic (exact) mass is 344 g/mol. The van der Waals surface area contributed by atoms with E-state index in [1.165, 1.54) is 6.07 Å². The lowest BCUT2D eigenvalue weighted by molar-refractivity contribution is -0.120. The predicted octanol–water partition coefficient (Wildman–Crippen LogP) is 1.02. The molecule has 126 valence electrons. The van der Waals surface area contributed by atoms with Crippen LogP contribution in [-0.4, -0.2) is 45.0 Å². The first kappa shape index (κ1) is 16.2. The molecule has 1 atom stereocenters. The zero-order valence-corrected chi connectivity index (χ0v) is 13.3. The van der Waals surface area contributed by atoms with Crippen LogP contribution in [0.2, 0.25) is 0 Å². The number of rotatable bonds is 3. The number of fused-ring (bicyclic) bond motifs is 1. The average molecular weight is 344 g/mol. The number of anilines is 1. The number of aryl methyl sites for hydroxylation is 1. The lowest BCUT2D eigenvalue weighted by atomic mass is 10.0. The van der Waals surface area contributed by atoms with Crippen molar-refractivity contribution in [2.24, 2.45) is 0 Å². The lowest BCUT2D eigenvalue weighted by Crippen LogP contribution is -2.44. The predicted molar refractivity (Wildman–Crippen MR) is 82.1 cm³/mol. The van der Waals surface area contributed by atoms with Gasteiger partial charge in [0.15, 0.2) is 21.5 Å². The van der Waals surface area contributed by atoms with Crippen molar-refractivity contribution in [1.29, 1.82) is 0 Å². The fourth-order valence-corrected chi connectivity index (χ4v) is 4.85. The molecule has 2 aliphatic heterocycles. The van der Waals surface area contributed by atoms with Gasteiger partial charge in [-0.25, -0.2) is 17.2 Å². The molecule has 0 radical (unpaired) electrons. The van der Waals surface area contributed by atoms with Gasteiger partial charge in [0.1, 0.15) is 0 Å². The van der Waals surface area contributed by atoms with E-state index >= 15 is 0 Å². The third kappa shape index (κ3) is 3.63. The first-order valence-electron chi connectivity index (χ1n) is 7.57. The number of halogens is 2. The first-order chi connectivity index (χ1) is 10.8. The summed E-state index contributed by atoms with van der Waals surface area (Å²) in [6, 6.07) is 1.94. The molecule has 0 saturated carbocycles. The van der Waals surface area contributed by atoms with E-state index in [2.05, 4.69) is 5.32 Å². The smallest absolute Gasteiger partial charge is 0.239 e. The van der Waals surface area contributed by atoms with Crippen LogP contribution in [-0.2, 0) is 21.1 Å². The molecule has 1 amide bonds. The SMILES string of the molecule is O=C(CN1CCCc2cc(F)c(F)cc21)NC1CCS(=O)(=O)C1. The van der Waals surface area contributed by atoms with Gasteiger partial charge in [0, 0.05) is 24.3 Å². The summed E-state index contributed by atoms with van der Waals surface area (Å²) in [5.74, 6) is -2.06. The van der Waals surface area contributed by atoms with Crippen molar-refractivity contribution >= 4 is 21.4 Å². The van der Waals surface area contributed by atoms with Crippen molar-refractivity contribution in [3.05, 3.63) is 29.3 Å². The molecule has 1 N–H and O–H groups in total. The zero-order chi connectivity index (χ0) is 16.6. The molecule has 1 unspecified atom stereocenters. The summed E-state index contributed by atoms with van der Waals surface area (Å²) in [7, 11) is -3.05. The summed E-state index contributed by atoms with van der Waals surface area (Å²) in [6.07, 6.45) is 1.82. The number of hydrogen-bond acceptors (Lipinski definition) is 4. The highest BCUT2D eigenvalue weighted by molar-refractivity contribution is 7.91. The molecule has 2 heterocycles. The van der Waals surface area contributed by atoms with Crippen molar-refractivity contribution in [3.8, 4) is 0 Å². The van der Waals surface area contributed by atoms with Crippen LogP contribution in [0.15, 0.2) is 12.1 Å². The second-order valence-corrected chi connectivity index (χ2v) is 8.32. The molecule has 1 saturated heterocycles. The molecular weight excluding hydrogens is 326 g/mol. The van der Waals surface area contributed by atoms with E-state index in [0.29, 0.717) is 30.6 Å². The van der Waals surface area contributed by atoms with Gasteiger partial charge in [-0.05, 0) is 30.9 Å². The molecule has 0 bridgehead atoms. The normalized spacial score (nSPS) is 22.7. The van der Waals surface area contributed by atoms with Crippen molar-refractivity contribution in [3.63, 3.8) is 0 Å². The summed E-state index contributed by atoms with van der Waals surface area (Å²) in [5.41, 5.74) is 1.22. The molecule has 23 heavy (non-hydrogen) atoms. The van der Waals surface area contributed by atoms with Crippen LogP contribution < -0.4 is 10.2 Å². The Bertz CT molecular complexity index is 736. The maximum absolute atomic E-state index is 13.5. The van der Waals surface area contributed by atoms with Crippen LogP contribution in [0, 0.1) is 11.6 Å². The minimum Gasteiger partial charge on any atom is -0.362 e. The summed E-state index contributed by atoms with van der Waals surface area (Å²) in [4.78, 5) is 13.8. The number of carbonyl (C=O) groups is 1. The summed E-state index contributed by atoms with van der Waals surface area (Å²) in [6.45, 7) is 0.586. The van der Waals surface area contributed by atoms with Gasteiger partial charge in [-0.3, -0.25) is 4.79 Å². The van der Waals surface area contributed by atoms with Crippen molar-refractivity contribution in [2.45, 2.75) is 25.3 Å². The van der Waals surface area contributed by atoms with E-state index in [4.69, 9.17) is 0 Å². The third-order valence-corrected chi connectivity index (χ3v) is 6.04. The molecule has 3 rings (SSSR count). The Hall–Kier alpha value is -1.70. The van der Waals surface area contributed by atoms with Crippen molar-refractivity contribution < 1.29 is 22.0 Å². The molecule has 0 aliphatic carbocycles. The summed E-state index contributed by atoms with van der Waals surface area (Å²) < 4.78 is 49.6. The van der Waals surface area contributed by atoms with E-state index in [0.717, 1.165) is 12.5 Å². The Labute approximate surface area is 133 Å².